The highest BCUT2D eigenvalue weighted by Crippen LogP contribution is 2.11. The van der Waals surface area contributed by atoms with E-state index in [1.165, 1.54) is 5.56 Å². The molecule has 1 aliphatic heterocycles. The summed E-state index contributed by atoms with van der Waals surface area (Å²) in [4.78, 5) is 0. The molecule has 1 heterocycles. The molecule has 0 bridgehead atoms. The molecule has 0 unspecified atom stereocenters. The van der Waals surface area contributed by atoms with Crippen molar-refractivity contribution in [3.05, 3.63) is 42.0 Å². The molecule has 0 atom stereocenters. The van der Waals surface area contributed by atoms with Gasteiger partial charge in [0.15, 0.2) is 6.29 Å². The molecular weight excluding hydrogens is 188 g/mol. The molecule has 1 aliphatic rings. The molecule has 1 saturated heterocycles. The van der Waals surface area contributed by atoms with Gasteiger partial charge in [-0.05, 0) is 12.0 Å². The highest BCUT2D eigenvalue weighted by Gasteiger charge is 2.13. The van der Waals surface area contributed by atoms with Gasteiger partial charge in [-0.1, -0.05) is 42.5 Å². The van der Waals surface area contributed by atoms with Gasteiger partial charge in [-0.3, -0.25) is 0 Å². The van der Waals surface area contributed by atoms with Crippen molar-refractivity contribution in [3.8, 4) is 0 Å². The molecule has 0 aliphatic carbocycles. The van der Waals surface area contributed by atoms with Crippen LogP contribution in [0.15, 0.2) is 36.4 Å². The largest absolute Gasteiger partial charge is 0.350 e. The lowest BCUT2D eigenvalue weighted by molar-refractivity contribution is -0.0457. The van der Waals surface area contributed by atoms with E-state index in [0.29, 0.717) is 0 Å². The monoisotopic (exact) mass is 204 g/mol. The van der Waals surface area contributed by atoms with Crippen molar-refractivity contribution in [1.82, 2.24) is 0 Å². The average molecular weight is 204 g/mol. The number of ether oxygens (including phenoxy) is 2. The number of allylic oxidation sites excluding steroid dienone is 1. The Balaban J connectivity index is 1.71. The molecule has 0 N–H and O–H groups in total. The Morgan fingerprint density at radius 1 is 1.13 bits per heavy atom. The molecule has 0 amide bonds. The van der Waals surface area contributed by atoms with Crippen LogP contribution in [-0.2, 0) is 9.47 Å². The Morgan fingerprint density at radius 2 is 1.87 bits per heavy atom. The molecule has 80 valence electrons. The normalized spacial score (nSPS) is 17.6. The molecule has 0 saturated carbocycles. The first kappa shape index (κ1) is 10.4. The zero-order valence-corrected chi connectivity index (χ0v) is 8.76. The zero-order chi connectivity index (χ0) is 10.3. The minimum atomic E-state index is 0.0189. The Hall–Kier alpha value is -1.12. The second-order valence-electron chi connectivity index (χ2n) is 3.56. The van der Waals surface area contributed by atoms with Gasteiger partial charge in [0.25, 0.3) is 0 Å². The summed E-state index contributed by atoms with van der Waals surface area (Å²) in [5.41, 5.74) is 1.24. The van der Waals surface area contributed by atoms with Crippen molar-refractivity contribution in [1.29, 1.82) is 0 Å². The van der Waals surface area contributed by atoms with Gasteiger partial charge in [0.05, 0.1) is 13.2 Å². The molecular formula is C13H16O2. The second-order valence-corrected chi connectivity index (χ2v) is 3.56. The molecule has 0 aromatic heterocycles. The average Bonchev–Trinajstić information content (AvgIpc) is 2.79. The van der Waals surface area contributed by atoms with Gasteiger partial charge in [-0.25, -0.2) is 0 Å². The third kappa shape index (κ3) is 3.50. The third-order valence-corrected chi connectivity index (χ3v) is 2.37. The van der Waals surface area contributed by atoms with Crippen molar-refractivity contribution in [3.63, 3.8) is 0 Å². The lowest BCUT2D eigenvalue weighted by Crippen LogP contribution is -2.05. The van der Waals surface area contributed by atoms with E-state index in [4.69, 9.17) is 9.47 Å². The lowest BCUT2D eigenvalue weighted by Gasteiger charge is -2.05. The van der Waals surface area contributed by atoms with Gasteiger partial charge in [0.2, 0.25) is 0 Å². The zero-order valence-electron chi connectivity index (χ0n) is 8.76. The quantitative estimate of drug-likeness (QED) is 0.750. The summed E-state index contributed by atoms with van der Waals surface area (Å²) in [7, 11) is 0. The topological polar surface area (TPSA) is 18.5 Å². The summed E-state index contributed by atoms with van der Waals surface area (Å²) in [6.45, 7) is 1.49. The molecule has 0 spiro atoms. The SMILES string of the molecule is C(=C\c1ccccc1)/CCC1OCCO1. The molecule has 2 nitrogen and oxygen atoms in total. The van der Waals surface area contributed by atoms with Crippen LogP contribution in [0.1, 0.15) is 18.4 Å². The van der Waals surface area contributed by atoms with E-state index in [2.05, 4.69) is 24.3 Å². The van der Waals surface area contributed by atoms with Gasteiger partial charge in [0, 0.05) is 6.42 Å². The van der Waals surface area contributed by atoms with Crippen molar-refractivity contribution >= 4 is 6.08 Å². The maximum Gasteiger partial charge on any atom is 0.158 e. The van der Waals surface area contributed by atoms with Crippen LogP contribution in [0.3, 0.4) is 0 Å². The molecule has 15 heavy (non-hydrogen) atoms. The van der Waals surface area contributed by atoms with Crippen molar-refractivity contribution in [2.24, 2.45) is 0 Å². The van der Waals surface area contributed by atoms with E-state index in [0.717, 1.165) is 26.1 Å². The van der Waals surface area contributed by atoms with Crippen LogP contribution in [0.2, 0.25) is 0 Å². The van der Waals surface area contributed by atoms with Crippen LogP contribution >= 0.6 is 0 Å². The first-order chi connectivity index (χ1) is 7.45. The van der Waals surface area contributed by atoms with Crippen molar-refractivity contribution in [2.75, 3.05) is 13.2 Å². The smallest absolute Gasteiger partial charge is 0.158 e. The van der Waals surface area contributed by atoms with Crippen LogP contribution in [0, 0.1) is 0 Å². The van der Waals surface area contributed by atoms with E-state index in [9.17, 15) is 0 Å². The fourth-order valence-electron chi connectivity index (χ4n) is 1.59. The molecule has 1 aromatic rings. The van der Waals surface area contributed by atoms with E-state index in [-0.39, 0.29) is 6.29 Å². The van der Waals surface area contributed by atoms with Gasteiger partial charge in [0.1, 0.15) is 0 Å². The summed E-state index contributed by atoms with van der Waals surface area (Å²) in [5, 5.41) is 0. The predicted molar refractivity (Wildman–Crippen MR) is 60.4 cm³/mol. The maximum absolute atomic E-state index is 5.35. The van der Waals surface area contributed by atoms with Crippen LogP contribution in [-0.4, -0.2) is 19.5 Å². The second kappa shape index (κ2) is 5.69. The minimum absolute atomic E-state index is 0.0189. The van der Waals surface area contributed by atoms with Crippen LogP contribution in [0.25, 0.3) is 6.08 Å². The number of hydrogen-bond donors (Lipinski definition) is 0. The number of hydrogen-bond acceptors (Lipinski definition) is 2. The summed E-state index contributed by atoms with van der Waals surface area (Å²) >= 11 is 0. The Labute approximate surface area is 90.5 Å². The van der Waals surface area contributed by atoms with E-state index in [1.807, 2.05) is 18.2 Å². The summed E-state index contributed by atoms with van der Waals surface area (Å²) in [6, 6.07) is 10.3. The number of rotatable bonds is 4. The fourth-order valence-corrected chi connectivity index (χ4v) is 1.59. The lowest BCUT2D eigenvalue weighted by atomic mass is 10.2. The van der Waals surface area contributed by atoms with E-state index in [1.54, 1.807) is 0 Å². The van der Waals surface area contributed by atoms with Crippen molar-refractivity contribution in [2.45, 2.75) is 19.1 Å². The Kier molecular flexibility index (Phi) is 3.94. The van der Waals surface area contributed by atoms with Crippen LogP contribution in [0.4, 0.5) is 0 Å². The maximum atomic E-state index is 5.35. The summed E-state index contributed by atoms with van der Waals surface area (Å²) in [6.07, 6.45) is 6.27. The Bertz CT molecular complexity index is 300. The first-order valence-corrected chi connectivity index (χ1v) is 5.40. The minimum Gasteiger partial charge on any atom is -0.350 e. The van der Waals surface area contributed by atoms with Crippen LogP contribution in [0.5, 0.6) is 0 Å². The highest BCUT2D eigenvalue weighted by atomic mass is 16.7. The van der Waals surface area contributed by atoms with Gasteiger partial charge >= 0.3 is 0 Å². The van der Waals surface area contributed by atoms with E-state index < -0.39 is 0 Å². The van der Waals surface area contributed by atoms with Crippen molar-refractivity contribution < 1.29 is 9.47 Å². The van der Waals surface area contributed by atoms with Gasteiger partial charge in [-0.2, -0.15) is 0 Å². The molecule has 1 aromatic carbocycles. The summed E-state index contributed by atoms with van der Waals surface area (Å²) in [5.74, 6) is 0. The fraction of sp³-hybridized carbons (Fsp3) is 0.385. The van der Waals surface area contributed by atoms with Crippen LogP contribution < -0.4 is 0 Å². The predicted octanol–water partition coefficient (Wildman–Crippen LogP) is 2.85. The third-order valence-electron chi connectivity index (χ3n) is 2.37. The molecule has 2 heteroatoms. The van der Waals surface area contributed by atoms with Gasteiger partial charge in [-0.15, -0.1) is 0 Å². The van der Waals surface area contributed by atoms with E-state index >= 15 is 0 Å². The molecule has 0 radical (unpaired) electrons. The summed E-state index contributed by atoms with van der Waals surface area (Å²) < 4.78 is 10.7. The number of benzene rings is 1. The molecule has 1 fully saturated rings. The standard InChI is InChI=1S/C13H16O2/c1-2-6-12(7-3-1)8-4-5-9-13-14-10-11-15-13/h1-4,6-8,13H,5,9-11H2/b8-4+. The molecule has 2 rings (SSSR count). The van der Waals surface area contributed by atoms with Gasteiger partial charge < -0.3 is 9.47 Å². The first-order valence-electron chi connectivity index (χ1n) is 5.40. The Morgan fingerprint density at radius 3 is 2.60 bits per heavy atom. The highest BCUT2D eigenvalue weighted by molar-refractivity contribution is 5.48.